The summed E-state index contributed by atoms with van der Waals surface area (Å²) in [4.78, 5) is 2.24. The Labute approximate surface area is 116 Å². The molecule has 0 aromatic heterocycles. The van der Waals surface area contributed by atoms with Crippen LogP contribution in [-0.2, 0) is 12.8 Å². The van der Waals surface area contributed by atoms with Crippen LogP contribution >= 0.6 is 0 Å². The van der Waals surface area contributed by atoms with E-state index in [0.717, 1.165) is 0 Å². The molecule has 0 heterocycles. The van der Waals surface area contributed by atoms with Gasteiger partial charge in [-0.2, -0.15) is 0 Å². The van der Waals surface area contributed by atoms with Gasteiger partial charge >= 0.3 is 0 Å². The molecule has 0 aliphatic heterocycles. The number of hydrogen-bond donors (Lipinski definition) is 0. The van der Waals surface area contributed by atoms with Gasteiger partial charge < -0.3 is 4.90 Å². The van der Waals surface area contributed by atoms with Gasteiger partial charge in [0.05, 0.1) is 10.2 Å². The van der Waals surface area contributed by atoms with Gasteiger partial charge in [0, 0.05) is 19.8 Å². The first-order chi connectivity index (χ1) is 8.61. The Morgan fingerprint density at radius 1 is 0.944 bits per heavy atom. The van der Waals surface area contributed by atoms with Crippen molar-refractivity contribution in [2.75, 3.05) is 19.0 Å². The summed E-state index contributed by atoms with van der Waals surface area (Å²) in [6.45, 7) is 4.52. The third-order valence-electron chi connectivity index (χ3n) is 3.45. The number of unbranched alkanes of at least 4 members (excludes halogenated alkanes) is 2. The van der Waals surface area contributed by atoms with Crippen LogP contribution in [0.25, 0.3) is 0 Å². The Bertz CT molecular complexity index is 372. The highest BCUT2D eigenvalue weighted by Gasteiger charge is 2.11. The van der Waals surface area contributed by atoms with Crippen molar-refractivity contribution in [1.29, 1.82) is 0 Å². The zero-order valence-corrected chi connectivity index (χ0v) is 13.3. The first-order valence-corrected chi connectivity index (χ1v) is 7.65. The van der Waals surface area contributed by atoms with Crippen LogP contribution in [0.4, 0.5) is 5.69 Å². The van der Waals surface area contributed by atoms with Gasteiger partial charge in [0.1, 0.15) is 0 Å². The minimum Gasteiger partial charge on any atom is -0.377 e. The van der Waals surface area contributed by atoms with E-state index in [0.29, 0.717) is 0 Å². The van der Waals surface area contributed by atoms with Crippen LogP contribution in [0, 0.1) is 0 Å². The second kappa shape index (κ2) is 7.62. The second-order valence-corrected chi connectivity index (χ2v) is 5.73. The minimum absolute atomic E-state index is 1.19. The normalized spacial score (nSPS) is 10.7. The van der Waals surface area contributed by atoms with E-state index in [2.05, 4.69) is 55.2 Å². The van der Waals surface area contributed by atoms with Crippen molar-refractivity contribution >= 4 is 21.1 Å². The van der Waals surface area contributed by atoms with Crippen LogP contribution in [-0.4, -0.2) is 24.3 Å². The highest BCUT2D eigenvalue weighted by Crippen LogP contribution is 2.24. The van der Waals surface area contributed by atoms with E-state index < -0.39 is 0 Å². The smallest absolute Gasteiger partial charge is 0.0715 e. The Kier molecular flexibility index (Phi) is 6.48. The van der Waals surface area contributed by atoms with Gasteiger partial charge in [0.25, 0.3) is 0 Å². The maximum atomic E-state index is 3.79. The molecule has 1 rings (SSSR count). The highest BCUT2D eigenvalue weighted by molar-refractivity contribution is 6.33. The summed E-state index contributed by atoms with van der Waals surface area (Å²) in [6, 6.07) is 4.44. The fourth-order valence-corrected chi connectivity index (χ4v) is 2.73. The lowest BCUT2D eigenvalue weighted by atomic mass is 9.95. The van der Waals surface area contributed by atoms with E-state index in [-0.39, 0.29) is 0 Å². The van der Waals surface area contributed by atoms with Crippen LogP contribution in [0.3, 0.4) is 0 Å². The lowest BCUT2D eigenvalue weighted by Crippen LogP contribution is -2.19. The molecule has 0 fully saturated rings. The van der Waals surface area contributed by atoms with Crippen molar-refractivity contribution in [3.63, 3.8) is 0 Å². The second-order valence-electron chi connectivity index (χ2n) is 5.19. The van der Waals surface area contributed by atoms with Gasteiger partial charge in [0.15, 0.2) is 0 Å². The van der Waals surface area contributed by atoms with Gasteiger partial charge in [-0.25, -0.2) is 0 Å². The first kappa shape index (κ1) is 15.3. The van der Waals surface area contributed by atoms with Gasteiger partial charge in [-0.05, 0) is 42.9 Å². The fraction of sp³-hybridized carbons (Fsp3) is 0.625. The molecule has 3 radical (unpaired) electrons. The summed E-state index contributed by atoms with van der Waals surface area (Å²) in [5, 5.41) is 1.28. The molecule has 1 aromatic carbocycles. The van der Waals surface area contributed by atoms with Gasteiger partial charge in [-0.3, -0.25) is 0 Å². The first-order valence-electron chi connectivity index (χ1n) is 7.15. The third-order valence-corrected chi connectivity index (χ3v) is 3.92. The van der Waals surface area contributed by atoms with Crippen molar-refractivity contribution in [3.05, 3.63) is 23.3 Å². The van der Waals surface area contributed by atoms with Crippen molar-refractivity contribution in [2.45, 2.75) is 52.4 Å². The van der Waals surface area contributed by atoms with E-state index in [9.17, 15) is 0 Å². The standard InChI is InChI=1S/C16H26NSi/c1-5-7-9-13-14(10-8-6-2)16(18)12-11-15(13)17(3)4/h11-12H,5-10H2,1-4H3. The van der Waals surface area contributed by atoms with E-state index in [1.54, 1.807) is 5.56 Å². The van der Waals surface area contributed by atoms with Gasteiger partial charge in [0.2, 0.25) is 0 Å². The minimum atomic E-state index is 1.19. The van der Waals surface area contributed by atoms with Crippen molar-refractivity contribution in [2.24, 2.45) is 0 Å². The molecule has 18 heavy (non-hydrogen) atoms. The number of hydrogen-bond acceptors (Lipinski definition) is 1. The summed E-state index contributed by atoms with van der Waals surface area (Å²) >= 11 is 0. The molecule has 1 nitrogen and oxygen atoms in total. The van der Waals surface area contributed by atoms with Gasteiger partial charge in [-0.15, -0.1) is 0 Å². The molecule has 0 atom stereocenters. The molecule has 0 N–H and O–H groups in total. The zero-order valence-electron chi connectivity index (χ0n) is 12.3. The Morgan fingerprint density at radius 2 is 1.50 bits per heavy atom. The largest absolute Gasteiger partial charge is 0.377 e. The Morgan fingerprint density at radius 3 is 2.00 bits per heavy atom. The summed E-state index contributed by atoms with van der Waals surface area (Å²) in [7, 11) is 8.07. The fourth-order valence-electron chi connectivity index (χ4n) is 2.37. The molecule has 0 saturated heterocycles. The molecule has 0 spiro atoms. The molecular formula is C16H26NSi. The van der Waals surface area contributed by atoms with Crippen molar-refractivity contribution in [1.82, 2.24) is 0 Å². The van der Waals surface area contributed by atoms with E-state index in [4.69, 9.17) is 0 Å². The highest BCUT2D eigenvalue weighted by atomic mass is 28.1. The maximum absolute atomic E-state index is 3.79. The lowest BCUT2D eigenvalue weighted by molar-refractivity contribution is 0.759. The van der Waals surface area contributed by atoms with Crippen LogP contribution in [0.15, 0.2) is 12.1 Å². The van der Waals surface area contributed by atoms with Crippen LogP contribution in [0.2, 0.25) is 0 Å². The predicted octanol–water partition coefficient (Wildman–Crippen LogP) is 3.23. The average Bonchev–Trinajstić information content (AvgIpc) is 2.34. The van der Waals surface area contributed by atoms with E-state index >= 15 is 0 Å². The number of rotatable bonds is 7. The maximum Gasteiger partial charge on any atom is 0.0715 e. The monoisotopic (exact) mass is 260 g/mol. The summed E-state index contributed by atoms with van der Waals surface area (Å²) in [6.07, 6.45) is 7.44. The Hall–Kier alpha value is -0.763. The molecule has 1 aromatic rings. The molecule has 2 heteroatoms. The number of nitrogens with zero attached hydrogens (tertiary/aromatic N) is 1. The SMILES string of the molecule is CCCCc1c([Si])ccc(N(C)C)c1CCCC. The van der Waals surface area contributed by atoms with Crippen LogP contribution in [0.5, 0.6) is 0 Å². The van der Waals surface area contributed by atoms with E-state index in [1.807, 2.05) is 0 Å². The number of anilines is 1. The van der Waals surface area contributed by atoms with E-state index in [1.165, 1.54) is 55.0 Å². The molecule has 0 bridgehead atoms. The summed E-state index contributed by atoms with van der Waals surface area (Å²) in [5.41, 5.74) is 4.45. The molecule has 0 aliphatic carbocycles. The zero-order chi connectivity index (χ0) is 13.5. The number of benzene rings is 1. The quantitative estimate of drug-likeness (QED) is 0.680. The van der Waals surface area contributed by atoms with Crippen molar-refractivity contribution in [3.8, 4) is 0 Å². The van der Waals surface area contributed by atoms with Crippen LogP contribution in [0.1, 0.15) is 50.7 Å². The predicted molar refractivity (Wildman–Crippen MR) is 83.4 cm³/mol. The molecule has 99 valence electrons. The Balaban J connectivity index is 3.12. The van der Waals surface area contributed by atoms with Gasteiger partial charge in [-0.1, -0.05) is 37.9 Å². The molecule has 0 aliphatic rings. The third kappa shape index (κ3) is 3.87. The molecule has 0 amide bonds. The molecule has 0 saturated carbocycles. The molecular weight excluding hydrogens is 234 g/mol. The topological polar surface area (TPSA) is 3.24 Å². The molecule has 0 unspecified atom stereocenters. The van der Waals surface area contributed by atoms with Crippen molar-refractivity contribution < 1.29 is 0 Å². The average molecular weight is 260 g/mol. The summed E-state index contributed by atoms with van der Waals surface area (Å²) < 4.78 is 0. The van der Waals surface area contributed by atoms with Crippen LogP contribution < -0.4 is 10.1 Å². The lowest BCUT2D eigenvalue weighted by Gasteiger charge is -2.22. The summed E-state index contributed by atoms with van der Waals surface area (Å²) in [5.74, 6) is 0.